The highest BCUT2D eigenvalue weighted by atomic mass is 16.7. The first-order valence-electron chi connectivity index (χ1n) is 1.89. The monoisotopic (exact) mass is 105 g/mol. The summed E-state index contributed by atoms with van der Waals surface area (Å²) in [7, 11) is 2.88. The Morgan fingerprint density at radius 3 is 1.86 bits per heavy atom. The molecule has 0 rings (SSSR count). The first-order chi connectivity index (χ1) is 3.35. The minimum Gasteiger partial charge on any atom is -0.391 e. The van der Waals surface area contributed by atoms with Gasteiger partial charge in [0.05, 0.1) is 0 Å². The fourth-order valence-electron chi connectivity index (χ4n) is 0.212. The molecular weight excluding hydrogens is 96.0 g/mol. The lowest BCUT2D eigenvalue weighted by Crippen LogP contribution is -2.06. The maximum Gasteiger partial charge on any atom is 0.249 e. The van der Waals surface area contributed by atoms with Crippen LogP contribution in [-0.4, -0.2) is 25.9 Å². The third-order valence-electron chi connectivity index (χ3n) is 0.584. The van der Waals surface area contributed by atoms with Crippen LogP contribution in [0.4, 0.5) is 0 Å². The van der Waals surface area contributed by atoms with Crippen LogP contribution in [0, 0.1) is 6.29 Å². The zero-order chi connectivity index (χ0) is 5.70. The molecule has 3 nitrogen and oxygen atoms in total. The Kier molecular flexibility index (Phi) is 3.98. The predicted octanol–water partition coefficient (Wildman–Crippen LogP) is -0.239. The van der Waals surface area contributed by atoms with Gasteiger partial charge in [-0.25, -0.2) is 0 Å². The summed E-state index contributed by atoms with van der Waals surface area (Å²) < 4.78 is 8.99. The minimum atomic E-state index is -0.174. The van der Waals surface area contributed by atoms with Gasteiger partial charge in [0.25, 0.3) is 0 Å². The van der Waals surface area contributed by atoms with Crippen molar-refractivity contribution < 1.29 is 14.6 Å². The van der Waals surface area contributed by atoms with E-state index in [1.54, 1.807) is 0 Å². The first kappa shape index (κ1) is 6.88. The van der Waals surface area contributed by atoms with Crippen LogP contribution in [0.3, 0.4) is 0 Å². The summed E-state index contributed by atoms with van der Waals surface area (Å²) >= 11 is 0. The third-order valence-corrected chi connectivity index (χ3v) is 0.584. The lowest BCUT2D eigenvalue weighted by Gasteiger charge is -2.04. The summed E-state index contributed by atoms with van der Waals surface area (Å²) in [5.74, 6) is 0. The second-order valence-electron chi connectivity index (χ2n) is 0.938. The predicted molar refractivity (Wildman–Crippen MR) is 24.3 cm³/mol. The van der Waals surface area contributed by atoms with Gasteiger partial charge in [-0.05, 0) is 0 Å². The molecule has 0 amide bonds. The van der Waals surface area contributed by atoms with Crippen molar-refractivity contribution in [2.45, 2.75) is 0 Å². The molecule has 3 heteroatoms. The second kappa shape index (κ2) is 4.05. The van der Waals surface area contributed by atoms with Gasteiger partial charge in [0.2, 0.25) is 6.29 Å². The minimum absolute atomic E-state index is 0.174. The number of rotatable bonds is 3. The Balaban J connectivity index is 2.99. The molecule has 0 aliphatic heterocycles. The second-order valence-corrected chi connectivity index (χ2v) is 0.938. The molecule has 43 valence electrons. The number of hydrogen-bond acceptors (Lipinski definition) is 3. The number of aliphatic hydroxyl groups is 1. The van der Waals surface area contributed by atoms with Crippen LogP contribution >= 0.6 is 0 Å². The molecule has 0 saturated carbocycles. The molecule has 7 heavy (non-hydrogen) atoms. The summed E-state index contributed by atoms with van der Waals surface area (Å²) in [5.41, 5.74) is 0. The average Bonchev–Trinajstić information content (AvgIpc) is 1.72. The number of aliphatic hydroxyl groups excluding tert-OH is 1. The Bertz CT molecular complexity index is 28.4. The lowest BCUT2D eigenvalue weighted by atomic mass is 10.7. The van der Waals surface area contributed by atoms with Gasteiger partial charge in [0, 0.05) is 14.2 Å². The standard InChI is InChI=1S/C4H9O3/c1-6-4(3-5)7-2/h5H,3H2,1-2H3. The number of hydrogen-bond donors (Lipinski definition) is 1. The topological polar surface area (TPSA) is 38.7 Å². The Labute approximate surface area is 42.9 Å². The highest BCUT2D eigenvalue weighted by Crippen LogP contribution is 1.95. The zero-order valence-corrected chi connectivity index (χ0v) is 4.47. The average molecular weight is 105 g/mol. The SMILES string of the molecule is CO[C](CO)OC. The molecule has 0 atom stereocenters. The van der Waals surface area contributed by atoms with Crippen LogP contribution in [0.5, 0.6) is 0 Å². The summed E-state index contributed by atoms with van der Waals surface area (Å²) in [6.07, 6.45) is 0.236. The van der Waals surface area contributed by atoms with Gasteiger partial charge in [0.1, 0.15) is 6.61 Å². The van der Waals surface area contributed by atoms with E-state index in [9.17, 15) is 0 Å². The quantitative estimate of drug-likeness (QED) is 0.538. The molecule has 0 bridgehead atoms. The molecule has 0 fully saturated rings. The molecular formula is C4H9O3. The van der Waals surface area contributed by atoms with Gasteiger partial charge in [-0.15, -0.1) is 0 Å². The molecule has 1 N–H and O–H groups in total. The Hall–Kier alpha value is -0.120. The molecule has 0 heterocycles. The van der Waals surface area contributed by atoms with E-state index in [2.05, 4.69) is 9.47 Å². The van der Waals surface area contributed by atoms with Crippen LogP contribution in [0.15, 0.2) is 0 Å². The van der Waals surface area contributed by atoms with Crippen molar-refractivity contribution in [2.75, 3.05) is 20.8 Å². The van der Waals surface area contributed by atoms with Gasteiger partial charge in [-0.2, -0.15) is 0 Å². The van der Waals surface area contributed by atoms with Crippen molar-refractivity contribution in [3.63, 3.8) is 0 Å². The molecule has 0 aromatic rings. The van der Waals surface area contributed by atoms with Crippen LogP contribution in [0.1, 0.15) is 0 Å². The van der Waals surface area contributed by atoms with Crippen molar-refractivity contribution in [1.29, 1.82) is 0 Å². The summed E-state index contributed by atoms with van der Waals surface area (Å²) in [6, 6.07) is 0. The van der Waals surface area contributed by atoms with E-state index in [4.69, 9.17) is 5.11 Å². The molecule has 0 aliphatic carbocycles. The van der Waals surface area contributed by atoms with Crippen LogP contribution in [0.2, 0.25) is 0 Å². The highest BCUT2D eigenvalue weighted by molar-refractivity contribution is 4.57. The van der Waals surface area contributed by atoms with E-state index in [1.807, 2.05) is 0 Å². The van der Waals surface area contributed by atoms with Crippen LogP contribution in [-0.2, 0) is 9.47 Å². The van der Waals surface area contributed by atoms with E-state index < -0.39 is 0 Å². The normalized spacial score (nSPS) is 10.3. The Morgan fingerprint density at radius 2 is 1.86 bits per heavy atom. The molecule has 0 aliphatic rings. The van der Waals surface area contributed by atoms with E-state index in [0.717, 1.165) is 0 Å². The van der Waals surface area contributed by atoms with E-state index in [1.165, 1.54) is 14.2 Å². The number of ether oxygens (including phenoxy) is 2. The van der Waals surface area contributed by atoms with Crippen molar-refractivity contribution in [1.82, 2.24) is 0 Å². The van der Waals surface area contributed by atoms with Crippen molar-refractivity contribution in [3.8, 4) is 0 Å². The van der Waals surface area contributed by atoms with Crippen LogP contribution in [0.25, 0.3) is 0 Å². The van der Waals surface area contributed by atoms with Gasteiger partial charge in [-0.3, -0.25) is 0 Å². The summed E-state index contributed by atoms with van der Waals surface area (Å²) in [6.45, 7) is -0.174. The zero-order valence-electron chi connectivity index (χ0n) is 4.47. The smallest absolute Gasteiger partial charge is 0.249 e. The molecule has 0 saturated heterocycles. The fraction of sp³-hybridized carbons (Fsp3) is 0.750. The molecule has 1 radical (unpaired) electrons. The maximum absolute atomic E-state index is 8.24. The van der Waals surface area contributed by atoms with E-state index in [-0.39, 0.29) is 12.9 Å². The van der Waals surface area contributed by atoms with Gasteiger partial charge in [-0.1, -0.05) is 0 Å². The van der Waals surface area contributed by atoms with Gasteiger partial charge >= 0.3 is 0 Å². The van der Waals surface area contributed by atoms with Gasteiger partial charge in [0.15, 0.2) is 0 Å². The highest BCUT2D eigenvalue weighted by Gasteiger charge is 2.01. The van der Waals surface area contributed by atoms with Crippen LogP contribution < -0.4 is 0 Å². The van der Waals surface area contributed by atoms with E-state index >= 15 is 0 Å². The molecule has 0 aromatic heterocycles. The van der Waals surface area contributed by atoms with Gasteiger partial charge < -0.3 is 14.6 Å². The van der Waals surface area contributed by atoms with Crippen molar-refractivity contribution >= 4 is 0 Å². The van der Waals surface area contributed by atoms with Crippen molar-refractivity contribution in [2.24, 2.45) is 0 Å². The maximum atomic E-state index is 8.24. The largest absolute Gasteiger partial charge is 0.391 e. The first-order valence-corrected chi connectivity index (χ1v) is 1.89. The lowest BCUT2D eigenvalue weighted by molar-refractivity contribution is -0.0282. The molecule has 0 spiro atoms. The number of methoxy groups -OCH3 is 2. The third kappa shape index (κ3) is 2.56. The molecule has 0 aromatic carbocycles. The van der Waals surface area contributed by atoms with Crippen molar-refractivity contribution in [3.05, 3.63) is 6.29 Å². The van der Waals surface area contributed by atoms with E-state index in [0.29, 0.717) is 0 Å². The summed E-state index contributed by atoms with van der Waals surface area (Å²) in [5, 5.41) is 8.24. The summed E-state index contributed by atoms with van der Waals surface area (Å²) in [4.78, 5) is 0. The fourth-order valence-corrected chi connectivity index (χ4v) is 0.212. The molecule has 0 unspecified atom stereocenters. The Morgan fingerprint density at radius 1 is 1.43 bits per heavy atom.